The highest BCUT2D eigenvalue weighted by Crippen LogP contribution is 2.11. The van der Waals surface area contributed by atoms with E-state index in [0.29, 0.717) is 0 Å². The smallest absolute Gasteiger partial charge is 0.142 e. The van der Waals surface area contributed by atoms with Gasteiger partial charge in [-0.1, -0.05) is 5.16 Å². The van der Waals surface area contributed by atoms with Crippen molar-refractivity contribution in [3.8, 4) is 5.75 Å². The molecule has 2 N–H and O–H groups in total. The Balaban J connectivity index is 3.12. The molecule has 11 heavy (non-hydrogen) atoms. The quantitative estimate of drug-likeness (QED) is 0.357. The van der Waals surface area contributed by atoms with E-state index >= 15 is 0 Å². The minimum absolute atomic E-state index is 0.00778. The van der Waals surface area contributed by atoms with Crippen LogP contribution in [0.1, 0.15) is 11.4 Å². The van der Waals surface area contributed by atoms with Gasteiger partial charge in [-0.3, -0.25) is 0 Å². The van der Waals surface area contributed by atoms with Crippen molar-refractivity contribution in [2.45, 2.75) is 6.92 Å². The van der Waals surface area contributed by atoms with Gasteiger partial charge in [0.25, 0.3) is 0 Å². The van der Waals surface area contributed by atoms with Crippen molar-refractivity contribution in [2.24, 2.45) is 5.16 Å². The maximum absolute atomic E-state index is 9.10. The van der Waals surface area contributed by atoms with Crippen molar-refractivity contribution in [1.29, 1.82) is 0 Å². The largest absolute Gasteiger partial charge is 0.506 e. The average molecular weight is 152 g/mol. The van der Waals surface area contributed by atoms with E-state index in [4.69, 9.17) is 10.3 Å². The van der Waals surface area contributed by atoms with Crippen LogP contribution in [0.15, 0.2) is 17.3 Å². The molecular weight excluding hydrogens is 144 g/mol. The second-order valence-electron chi connectivity index (χ2n) is 2.10. The third kappa shape index (κ3) is 1.67. The molecule has 1 rings (SSSR count). The molecular formula is C7H8N2O2. The van der Waals surface area contributed by atoms with Crippen LogP contribution in [0.3, 0.4) is 0 Å². The van der Waals surface area contributed by atoms with E-state index in [1.54, 1.807) is 13.0 Å². The standard InChI is InChI=1S/C7H8N2O2/c1-5-2-3-7(10)6(9-5)4-8-11/h2-4,10-11H,1H3. The molecule has 0 atom stereocenters. The fourth-order valence-corrected chi connectivity index (χ4v) is 0.719. The van der Waals surface area contributed by atoms with Crippen LogP contribution in [0, 0.1) is 6.92 Å². The second kappa shape index (κ2) is 3.01. The normalized spacial score (nSPS) is 10.6. The van der Waals surface area contributed by atoms with Gasteiger partial charge in [-0.15, -0.1) is 0 Å². The maximum atomic E-state index is 9.10. The number of hydrogen-bond donors (Lipinski definition) is 2. The highest BCUT2D eigenvalue weighted by atomic mass is 16.4. The van der Waals surface area contributed by atoms with Gasteiger partial charge in [-0.25, -0.2) is 4.98 Å². The topological polar surface area (TPSA) is 65.7 Å². The fourth-order valence-electron chi connectivity index (χ4n) is 0.719. The molecule has 0 aliphatic carbocycles. The third-order valence-electron chi connectivity index (χ3n) is 1.22. The molecule has 4 heteroatoms. The van der Waals surface area contributed by atoms with Crippen LogP contribution in [-0.4, -0.2) is 21.5 Å². The Bertz CT molecular complexity index is 284. The summed E-state index contributed by atoms with van der Waals surface area (Å²) in [7, 11) is 0. The monoisotopic (exact) mass is 152 g/mol. The first-order valence-corrected chi connectivity index (χ1v) is 3.08. The SMILES string of the molecule is Cc1ccc(O)c(C=NO)n1. The molecule has 0 unspecified atom stereocenters. The number of hydrogen-bond acceptors (Lipinski definition) is 4. The molecule has 58 valence electrons. The molecule has 1 aromatic rings. The number of nitrogens with zero attached hydrogens (tertiary/aromatic N) is 2. The molecule has 0 bridgehead atoms. The molecule has 0 amide bonds. The Hall–Kier alpha value is -1.58. The van der Waals surface area contributed by atoms with Gasteiger partial charge in [0.05, 0.1) is 6.21 Å². The lowest BCUT2D eigenvalue weighted by Crippen LogP contribution is -1.90. The molecule has 0 saturated carbocycles. The van der Waals surface area contributed by atoms with E-state index in [1.165, 1.54) is 6.07 Å². The highest BCUT2D eigenvalue weighted by molar-refractivity contribution is 5.80. The second-order valence-corrected chi connectivity index (χ2v) is 2.10. The average Bonchev–Trinajstić information content (AvgIpc) is 1.98. The fraction of sp³-hybridized carbons (Fsp3) is 0.143. The van der Waals surface area contributed by atoms with E-state index in [2.05, 4.69) is 10.1 Å². The van der Waals surface area contributed by atoms with E-state index in [0.717, 1.165) is 11.9 Å². The molecule has 0 aliphatic rings. The lowest BCUT2D eigenvalue weighted by atomic mass is 10.3. The summed E-state index contributed by atoms with van der Waals surface area (Å²) >= 11 is 0. The minimum atomic E-state index is 0.00778. The zero-order valence-corrected chi connectivity index (χ0v) is 6.02. The Kier molecular flexibility index (Phi) is 2.06. The first-order chi connectivity index (χ1) is 5.24. The van der Waals surface area contributed by atoms with Crippen LogP contribution in [0.25, 0.3) is 0 Å². The van der Waals surface area contributed by atoms with Crippen molar-refractivity contribution in [3.63, 3.8) is 0 Å². The van der Waals surface area contributed by atoms with E-state index in [1.807, 2.05) is 0 Å². The van der Waals surface area contributed by atoms with Crippen molar-refractivity contribution in [1.82, 2.24) is 4.98 Å². The maximum Gasteiger partial charge on any atom is 0.142 e. The molecule has 0 aliphatic heterocycles. The lowest BCUT2D eigenvalue weighted by Gasteiger charge is -1.96. The zero-order chi connectivity index (χ0) is 8.27. The van der Waals surface area contributed by atoms with E-state index in [9.17, 15) is 0 Å². The number of oxime groups is 1. The number of aromatic hydroxyl groups is 1. The van der Waals surface area contributed by atoms with Gasteiger partial charge in [-0.2, -0.15) is 0 Å². The molecule has 1 heterocycles. The number of pyridine rings is 1. The van der Waals surface area contributed by atoms with Gasteiger partial charge in [0, 0.05) is 5.69 Å². The molecule has 0 aromatic carbocycles. The van der Waals surface area contributed by atoms with Crippen LogP contribution in [0.5, 0.6) is 5.75 Å². The number of aryl methyl sites for hydroxylation is 1. The molecule has 1 aromatic heterocycles. The van der Waals surface area contributed by atoms with Crippen molar-refractivity contribution < 1.29 is 10.3 Å². The van der Waals surface area contributed by atoms with Crippen LogP contribution < -0.4 is 0 Å². The van der Waals surface area contributed by atoms with Gasteiger partial charge in [0.15, 0.2) is 0 Å². The van der Waals surface area contributed by atoms with Gasteiger partial charge in [0.2, 0.25) is 0 Å². The summed E-state index contributed by atoms with van der Waals surface area (Å²) in [4.78, 5) is 3.90. The highest BCUT2D eigenvalue weighted by Gasteiger charge is 1.98. The summed E-state index contributed by atoms with van der Waals surface area (Å²) < 4.78 is 0. The van der Waals surface area contributed by atoms with Gasteiger partial charge in [0.1, 0.15) is 11.4 Å². The Morgan fingerprint density at radius 2 is 2.27 bits per heavy atom. The van der Waals surface area contributed by atoms with Crippen molar-refractivity contribution in [3.05, 3.63) is 23.5 Å². The number of aromatic nitrogens is 1. The Morgan fingerprint density at radius 1 is 1.55 bits per heavy atom. The lowest BCUT2D eigenvalue weighted by molar-refractivity contribution is 0.321. The first kappa shape index (κ1) is 7.53. The molecule has 0 radical (unpaired) electrons. The summed E-state index contributed by atoms with van der Waals surface area (Å²) in [5.41, 5.74) is 1.03. The summed E-state index contributed by atoms with van der Waals surface area (Å²) in [6, 6.07) is 3.17. The van der Waals surface area contributed by atoms with Crippen LogP contribution in [-0.2, 0) is 0 Å². The van der Waals surface area contributed by atoms with Gasteiger partial charge >= 0.3 is 0 Å². The predicted octanol–water partition coefficient (Wildman–Crippen LogP) is 0.904. The van der Waals surface area contributed by atoms with E-state index < -0.39 is 0 Å². The molecule has 0 spiro atoms. The summed E-state index contributed by atoms with van der Waals surface area (Å²) in [5, 5.41) is 20.0. The molecule has 0 fully saturated rings. The summed E-state index contributed by atoms with van der Waals surface area (Å²) in [6.07, 6.45) is 1.09. The van der Waals surface area contributed by atoms with Crippen LogP contribution >= 0.6 is 0 Å². The summed E-state index contributed by atoms with van der Waals surface area (Å²) in [5.74, 6) is 0.00778. The summed E-state index contributed by atoms with van der Waals surface area (Å²) in [6.45, 7) is 1.79. The molecule has 0 saturated heterocycles. The Morgan fingerprint density at radius 3 is 2.91 bits per heavy atom. The van der Waals surface area contributed by atoms with Crippen LogP contribution in [0.4, 0.5) is 0 Å². The molecule has 4 nitrogen and oxygen atoms in total. The van der Waals surface area contributed by atoms with Crippen molar-refractivity contribution >= 4 is 6.21 Å². The zero-order valence-electron chi connectivity index (χ0n) is 6.02. The van der Waals surface area contributed by atoms with Gasteiger partial charge < -0.3 is 10.3 Å². The Labute approximate surface area is 63.8 Å². The van der Waals surface area contributed by atoms with Gasteiger partial charge in [-0.05, 0) is 19.1 Å². The van der Waals surface area contributed by atoms with Crippen molar-refractivity contribution in [2.75, 3.05) is 0 Å². The number of rotatable bonds is 1. The van der Waals surface area contributed by atoms with Crippen LogP contribution in [0.2, 0.25) is 0 Å². The van der Waals surface area contributed by atoms with E-state index in [-0.39, 0.29) is 11.4 Å². The first-order valence-electron chi connectivity index (χ1n) is 3.08. The minimum Gasteiger partial charge on any atom is -0.506 e. The third-order valence-corrected chi connectivity index (χ3v) is 1.22. The predicted molar refractivity (Wildman–Crippen MR) is 40.0 cm³/mol.